The van der Waals surface area contributed by atoms with Crippen LogP contribution >= 0.6 is 0 Å². The predicted molar refractivity (Wildman–Crippen MR) is 123 cm³/mol. The van der Waals surface area contributed by atoms with Gasteiger partial charge in [0.15, 0.2) is 0 Å². The number of methoxy groups -OCH3 is 1. The minimum atomic E-state index is -4.14. The molecule has 1 amide bonds. The van der Waals surface area contributed by atoms with Gasteiger partial charge < -0.3 is 10.1 Å². The highest BCUT2D eigenvalue weighted by Crippen LogP contribution is 2.30. The summed E-state index contributed by atoms with van der Waals surface area (Å²) < 4.78 is 37.1. The van der Waals surface area contributed by atoms with Gasteiger partial charge in [-0.15, -0.1) is 0 Å². The van der Waals surface area contributed by atoms with Crippen molar-refractivity contribution in [3.8, 4) is 11.4 Å². The zero-order valence-electron chi connectivity index (χ0n) is 18.5. The average Bonchev–Trinajstić information content (AvgIpc) is 2.97. The highest BCUT2D eigenvalue weighted by molar-refractivity contribution is 7.92. The molecule has 0 aliphatic rings. The van der Waals surface area contributed by atoms with Crippen LogP contribution in [0.2, 0.25) is 0 Å². The Balaban J connectivity index is 2.12. The monoisotopic (exact) mass is 458 g/mol. The summed E-state index contributed by atoms with van der Waals surface area (Å²) >= 11 is 0. The second-order valence-corrected chi connectivity index (χ2v) is 9.22. The third kappa shape index (κ3) is 4.40. The average molecular weight is 459 g/mol. The molecule has 0 saturated heterocycles. The number of carbonyl (C=O) groups excluding carboxylic acids is 1. The summed E-state index contributed by atoms with van der Waals surface area (Å²) in [6, 6.07) is 13.1. The van der Waals surface area contributed by atoms with Crippen molar-refractivity contribution >= 4 is 27.3 Å². The summed E-state index contributed by atoms with van der Waals surface area (Å²) in [5.41, 5.74) is 0.856. The van der Waals surface area contributed by atoms with Gasteiger partial charge in [0.05, 0.1) is 29.1 Å². The number of sulfonamides is 1. The van der Waals surface area contributed by atoms with Crippen molar-refractivity contribution in [2.24, 2.45) is 7.05 Å². The Morgan fingerprint density at radius 1 is 1.09 bits per heavy atom. The number of anilines is 2. The molecule has 0 bridgehead atoms. The third-order valence-electron chi connectivity index (χ3n) is 4.89. The first-order valence-corrected chi connectivity index (χ1v) is 11.4. The van der Waals surface area contributed by atoms with Gasteiger partial charge in [0, 0.05) is 14.0 Å². The maximum absolute atomic E-state index is 13.3. The Morgan fingerprint density at radius 2 is 1.75 bits per heavy atom. The number of amides is 1. The lowest BCUT2D eigenvalue weighted by Gasteiger charge is -2.14. The number of hydrogen-bond acceptors (Lipinski definition) is 5. The number of benzene rings is 2. The van der Waals surface area contributed by atoms with E-state index >= 15 is 0 Å². The van der Waals surface area contributed by atoms with Crippen LogP contribution < -0.4 is 20.3 Å². The molecule has 0 aliphatic heterocycles. The number of nitrogens with one attached hydrogen (secondary N) is 2. The minimum Gasteiger partial charge on any atom is -0.495 e. The summed E-state index contributed by atoms with van der Waals surface area (Å²) in [5, 5.41) is 2.55. The molecule has 3 aromatic rings. The van der Waals surface area contributed by atoms with E-state index in [2.05, 4.69) is 10.0 Å². The van der Waals surface area contributed by atoms with Crippen LogP contribution in [0, 0.1) is 0 Å². The maximum Gasteiger partial charge on any atom is 0.296 e. The smallest absolute Gasteiger partial charge is 0.296 e. The van der Waals surface area contributed by atoms with Gasteiger partial charge in [-0.3, -0.25) is 19.0 Å². The van der Waals surface area contributed by atoms with Crippen molar-refractivity contribution in [2.45, 2.75) is 31.6 Å². The van der Waals surface area contributed by atoms with Crippen LogP contribution in [0.5, 0.6) is 5.75 Å². The highest BCUT2D eigenvalue weighted by atomic mass is 32.2. The molecule has 170 valence electrons. The van der Waals surface area contributed by atoms with Crippen LogP contribution in [0.15, 0.2) is 58.2 Å². The molecule has 9 nitrogen and oxygen atoms in total. The van der Waals surface area contributed by atoms with Gasteiger partial charge in [0.2, 0.25) is 5.91 Å². The second kappa shape index (κ2) is 8.91. The van der Waals surface area contributed by atoms with E-state index in [-0.39, 0.29) is 28.1 Å². The fraction of sp³-hybridized carbons (Fsp3) is 0.273. The number of carbonyl (C=O) groups is 1. The molecule has 0 aliphatic carbocycles. The van der Waals surface area contributed by atoms with E-state index in [1.54, 1.807) is 36.0 Å². The Hall–Kier alpha value is -3.53. The van der Waals surface area contributed by atoms with Crippen LogP contribution in [0.25, 0.3) is 5.69 Å². The van der Waals surface area contributed by atoms with E-state index < -0.39 is 15.6 Å². The quantitative estimate of drug-likeness (QED) is 0.565. The summed E-state index contributed by atoms with van der Waals surface area (Å²) in [4.78, 5) is 24.7. The molecule has 0 radical (unpaired) electrons. The third-order valence-corrected chi connectivity index (χ3v) is 6.23. The van der Waals surface area contributed by atoms with Crippen LogP contribution in [0.1, 0.15) is 32.4 Å². The number of nitrogens with zero attached hydrogens (tertiary/aromatic N) is 2. The predicted octanol–water partition coefficient (Wildman–Crippen LogP) is 3.07. The highest BCUT2D eigenvalue weighted by Gasteiger charge is 2.26. The number of rotatable bonds is 7. The van der Waals surface area contributed by atoms with E-state index in [4.69, 9.17) is 4.74 Å². The standard InChI is InChI=1S/C22H26N4O5S/c1-14(2)21-20(22(28)26(25(21)4)16-9-7-6-8-10-16)24-32(29,30)17-11-12-19(31-5)18(13-17)23-15(3)27/h6-14,24H,1-5H3,(H,23,27). The molecule has 0 fully saturated rings. The second-order valence-electron chi connectivity index (χ2n) is 7.54. The molecule has 3 rings (SSSR count). The van der Waals surface area contributed by atoms with E-state index in [0.717, 1.165) is 0 Å². The first-order chi connectivity index (χ1) is 15.1. The fourth-order valence-corrected chi connectivity index (χ4v) is 4.67. The number of para-hydroxylation sites is 1. The van der Waals surface area contributed by atoms with Gasteiger partial charge in [-0.25, -0.2) is 13.1 Å². The first-order valence-electron chi connectivity index (χ1n) is 9.92. The van der Waals surface area contributed by atoms with Gasteiger partial charge >= 0.3 is 0 Å². The molecule has 1 heterocycles. The van der Waals surface area contributed by atoms with Crippen LogP contribution in [0.4, 0.5) is 11.4 Å². The zero-order chi connectivity index (χ0) is 23.6. The zero-order valence-corrected chi connectivity index (χ0v) is 19.4. The number of aromatic nitrogens is 2. The van der Waals surface area contributed by atoms with Crippen molar-refractivity contribution in [1.82, 2.24) is 9.36 Å². The molecule has 0 unspecified atom stereocenters. The van der Waals surface area contributed by atoms with Crippen LogP contribution in [-0.4, -0.2) is 30.8 Å². The first kappa shape index (κ1) is 23.1. The molecule has 10 heteroatoms. The van der Waals surface area contributed by atoms with Gasteiger partial charge in [-0.1, -0.05) is 32.0 Å². The Labute approximate surface area is 186 Å². The fourth-order valence-electron chi connectivity index (χ4n) is 3.57. The molecule has 32 heavy (non-hydrogen) atoms. The van der Waals surface area contributed by atoms with E-state index in [1.807, 2.05) is 19.9 Å². The maximum atomic E-state index is 13.3. The molecular weight excluding hydrogens is 432 g/mol. The van der Waals surface area contributed by atoms with Crippen LogP contribution in [-0.2, 0) is 21.9 Å². The van der Waals surface area contributed by atoms with Crippen LogP contribution in [0.3, 0.4) is 0 Å². The molecule has 2 N–H and O–H groups in total. The summed E-state index contributed by atoms with van der Waals surface area (Å²) in [7, 11) is -1.02. The van der Waals surface area contributed by atoms with Crippen molar-refractivity contribution in [3.63, 3.8) is 0 Å². The van der Waals surface area contributed by atoms with Gasteiger partial charge in [-0.05, 0) is 36.2 Å². The number of hydrogen-bond donors (Lipinski definition) is 2. The van der Waals surface area contributed by atoms with Crippen molar-refractivity contribution in [3.05, 3.63) is 64.6 Å². The summed E-state index contributed by atoms with van der Waals surface area (Å²) in [6.07, 6.45) is 0. The van der Waals surface area contributed by atoms with E-state index in [1.165, 1.54) is 36.9 Å². The lowest BCUT2D eigenvalue weighted by atomic mass is 10.1. The minimum absolute atomic E-state index is 0.0248. The SMILES string of the molecule is COc1ccc(S(=O)(=O)Nc2c(C(C)C)n(C)n(-c3ccccc3)c2=O)cc1NC(C)=O. The Kier molecular flexibility index (Phi) is 6.45. The van der Waals surface area contributed by atoms with E-state index in [0.29, 0.717) is 17.1 Å². The topological polar surface area (TPSA) is 111 Å². The van der Waals surface area contributed by atoms with E-state index in [9.17, 15) is 18.0 Å². The molecule has 1 aromatic heterocycles. The summed E-state index contributed by atoms with van der Waals surface area (Å²) in [6.45, 7) is 5.07. The molecule has 0 atom stereocenters. The molecule has 0 saturated carbocycles. The van der Waals surface area contributed by atoms with Gasteiger partial charge in [0.25, 0.3) is 15.6 Å². The Morgan fingerprint density at radius 3 is 2.31 bits per heavy atom. The van der Waals surface area contributed by atoms with Crippen molar-refractivity contribution in [2.75, 3.05) is 17.1 Å². The molecular formula is C22H26N4O5S. The Bertz CT molecular complexity index is 1310. The normalized spacial score (nSPS) is 11.4. The van der Waals surface area contributed by atoms with Gasteiger partial charge in [-0.2, -0.15) is 0 Å². The van der Waals surface area contributed by atoms with Crippen molar-refractivity contribution in [1.29, 1.82) is 0 Å². The largest absolute Gasteiger partial charge is 0.495 e. The summed E-state index contributed by atoms with van der Waals surface area (Å²) in [5.74, 6) is -0.198. The molecule has 2 aromatic carbocycles. The molecule has 0 spiro atoms. The van der Waals surface area contributed by atoms with Crippen molar-refractivity contribution < 1.29 is 17.9 Å². The number of ether oxygens (including phenoxy) is 1. The van der Waals surface area contributed by atoms with Gasteiger partial charge in [0.1, 0.15) is 11.4 Å². The lowest BCUT2D eigenvalue weighted by molar-refractivity contribution is -0.114. The lowest BCUT2D eigenvalue weighted by Crippen LogP contribution is -2.23.